The van der Waals surface area contributed by atoms with Crippen LogP contribution in [0, 0.1) is 0 Å². The Morgan fingerprint density at radius 3 is 1.57 bits per heavy atom. The van der Waals surface area contributed by atoms with Gasteiger partial charge in [0.2, 0.25) is 11.8 Å². The number of aromatic amines is 2. The van der Waals surface area contributed by atoms with E-state index in [1.54, 1.807) is 13.2 Å². The van der Waals surface area contributed by atoms with Crippen molar-refractivity contribution in [2.24, 2.45) is 0 Å². The van der Waals surface area contributed by atoms with Crippen molar-refractivity contribution in [3.8, 4) is 45.1 Å². The third-order valence-electron chi connectivity index (χ3n) is 14.9. The van der Waals surface area contributed by atoms with Crippen LogP contribution in [0.3, 0.4) is 0 Å². The van der Waals surface area contributed by atoms with Crippen molar-refractivity contribution < 1.29 is 28.7 Å². The van der Waals surface area contributed by atoms with E-state index in [2.05, 4.69) is 55.5 Å². The van der Waals surface area contributed by atoms with Crippen LogP contribution in [-0.2, 0) is 22.8 Å². The predicted octanol–water partition coefficient (Wildman–Crippen LogP) is 8.63. The number of amides is 6. The zero-order valence-corrected chi connectivity index (χ0v) is 39.5. The van der Waals surface area contributed by atoms with Crippen LogP contribution < -0.4 is 30.7 Å². The summed E-state index contributed by atoms with van der Waals surface area (Å²) in [4.78, 5) is 74.1. The van der Waals surface area contributed by atoms with Crippen LogP contribution in [0.4, 0.5) is 9.59 Å². The van der Waals surface area contributed by atoms with Crippen molar-refractivity contribution in [1.29, 1.82) is 0 Å². The van der Waals surface area contributed by atoms with Gasteiger partial charge in [0.15, 0.2) is 0 Å². The highest BCUT2D eigenvalue weighted by molar-refractivity contribution is 5.91. The number of benzene rings is 4. The predicted molar refractivity (Wildman–Crippen MR) is 262 cm³/mol. The number of likely N-dealkylation sites (tertiary alicyclic amines) is 2. The van der Waals surface area contributed by atoms with Gasteiger partial charge in [-0.05, 0) is 85.4 Å². The molecule has 0 bridgehead atoms. The SMILES string of the molecule is CNC(=O)N[C@@H](C(=O)N1CCC[C@H]1c1ncc(-c2cc3c4c(c2)OCc2cc(-c5cnc([C@@H]6CCCN6C(=O)[C@H](NC(=O)NC)c6ccc(C7CCCCC7)cc6)[nH]5)cc(c2-4)OC3)[nH]1)c1ccccc1. The van der Waals surface area contributed by atoms with E-state index in [0.717, 1.165) is 87.5 Å². The Morgan fingerprint density at radius 2 is 1.09 bits per heavy atom. The van der Waals surface area contributed by atoms with E-state index < -0.39 is 24.1 Å². The van der Waals surface area contributed by atoms with Gasteiger partial charge in [0.25, 0.3) is 0 Å². The summed E-state index contributed by atoms with van der Waals surface area (Å²) in [5.41, 5.74) is 10.2. The third-order valence-corrected chi connectivity index (χ3v) is 14.9. The normalized spacial score (nSPS) is 19.1. The van der Waals surface area contributed by atoms with Crippen molar-refractivity contribution in [3.63, 3.8) is 0 Å². The van der Waals surface area contributed by atoms with Gasteiger partial charge in [-0.2, -0.15) is 0 Å². The molecule has 6 aromatic rings. The number of H-pyrrole nitrogens is 2. The van der Waals surface area contributed by atoms with Gasteiger partial charge in [-0.25, -0.2) is 19.6 Å². The molecule has 3 fully saturated rings. The lowest BCUT2D eigenvalue weighted by molar-refractivity contribution is -0.135. The quantitative estimate of drug-likeness (QED) is 0.0742. The van der Waals surface area contributed by atoms with Gasteiger partial charge in [-0.1, -0.05) is 73.9 Å². The molecule has 2 aromatic heterocycles. The summed E-state index contributed by atoms with van der Waals surface area (Å²) in [6, 6.07) is 22.7. The molecule has 16 nitrogen and oxygen atoms in total. The number of nitrogens with zero attached hydrogens (tertiary/aromatic N) is 4. The highest BCUT2D eigenvalue weighted by Gasteiger charge is 2.39. The van der Waals surface area contributed by atoms with Gasteiger partial charge >= 0.3 is 12.1 Å². The lowest BCUT2D eigenvalue weighted by Crippen LogP contribution is -2.45. The average molecular weight is 943 g/mol. The topological polar surface area (TPSA) is 199 Å². The Morgan fingerprint density at radius 1 is 0.600 bits per heavy atom. The lowest BCUT2D eigenvalue weighted by Gasteiger charge is -2.30. The number of carbonyl (C=O) groups excluding carboxylic acids is 4. The van der Waals surface area contributed by atoms with Crippen molar-refractivity contribution in [3.05, 3.63) is 131 Å². The maximum atomic E-state index is 14.5. The highest BCUT2D eigenvalue weighted by Crippen LogP contribution is 2.51. The number of hydrogen-bond donors (Lipinski definition) is 6. The van der Waals surface area contributed by atoms with Gasteiger partial charge in [0.1, 0.15) is 48.4 Å². The van der Waals surface area contributed by atoms with Crippen LogP contribution in [0.2, 0.25) is 0 Å². The Balaban J connectivity index is 0.810. The number of nitrogens with one attached hydrogen (secondary N) is 6. The molecule has 4 aliphatic heterocycles. The van der Waals surface area contributed by atoms with Crippen LogP contribution in [-0.4, -0.2) is 80.8 Å². The lowest BCUT2D eigenvalue weighted by atomic mass is 9.83. The Bertz CT molecular complexity index is 2890. The maximum absolute atomic E-state index is 14.5. The molecule has 6 N–H and O–H groups in total. The summed E-state index contributed by atoms with van der Waals surface area (Å²) < 4.78 is 13.0. The Kier molecular flexibility index (Phi) is 12.2. The fourth-order valence-corrected chi connectivity index (χ4v) is 11.3. The maximum Gasteiger partial charge on any atom is 0.315 e. The molecule has 0 spiro atoms. The molecule has 6 heterocycles. The molecular formula is C54H58N10O6. The molecule has 360 valence electrons. The number of rotatable bonds is 11. The van der Waals surface area contributed by atoms with E-state index in [-0.39, 0.29) is 23.9 Å². The van der Waals surface area contributed by atoms with Crippen LogP contribution >= 0.6 is 0 Å². The second-order valence-electron chi connectivity index (χ2n) is 19.1. The molecule has 1 aliphatic carbocycles. The molecule has 0 unspecified atom stereocenters. The molecule has 0 radical (unpaired) electrons. The van der Waals surface area contributed by atoms with E-state index in [0.29, 0.717) is 49.4 Å². The second kappa shape index (κ2) is 19.1. The largest absolute Gasteiger partial charge is 0.488 e. The monoisotopic (exact) mass is 942 g/mol. The van der Waals surface area contributed by atoms with Crippen molar-refractivity contribution in [2.45, 2.75) is 101 Å². The summed E-state index contributed by atoms with van der Waals surface area (Å²) in [6.07, 6.45) is 12.9. The number of ether oxygens (including phenoxy) is 2. The average Bonchev–Trinajstić information content (AvgIpc) is 4.27. The van der Waals surface area contributed by atoms with Gasteiger partial charge in [0, 0.05) is 60.6 Å². The highest BCUT2D eigenvalue weighted by atomic mass is 16.5. The molecule has 1 saturated carbocycles. The number of imidazole rings is 2. The standard InChI is InChI=1S/C54H58N10O6/c1-55-53(67)61-47(33-13-7-4-8-14-33)51(65)63-21-9-15-41(63)49-57-27-39(59-49)35-23-37-29-70-44-26-36(24-38-30-69-43(25-35)45(37)46(38)44)40-28-58-50(60-40)42-16-10-22-64(42)52(66)48(62-54(68)56-2)34-19-17-32(18-20-34)31-11-5-3-6-12-31/h4,7-8,13-14,17-20,23-28,31,41-42,47-48H,3,5-6,9-12,15-16,21-22,29-30H2,1-2H3,(H,57,59)(H,58,60)(H2,55,61,67)(H2,56,62,68)/t41-,42-,47+,48+/m0/s1. The van der Waals surface area contributed by atoms with Gasteiger partial charge < -0.3 is 50.5 Å². The molecule has 5 aliphatic rings. The van der Waals surface area contributed by atoms with Gasteiger partial charge in [0.05, 0.1) is 35.9 Å². The molecular weight excluding hydrogens is 885 g/mol. The summed E-state index contributed by atoms with van der Waals surface area (Å²) in [7, 11) is 3.09. The third kappa shape index (κ3) is 8.49. The summed E-state index contributed by atoms with van der Waals surface area (Å²) in [6.45, 7) is 1.78. The van der Waals surface area contributed by atoms with Gasteiger partial charge in [-0.3, -0.25) is 9.59 Å². The molecule has 11 rings (SSSR count). The van der Waals surface area contributed by atoms with Crippen molar-refractivity contribution in [1.82, 2.24) is 51.0 Å². The molecule has 16 heteroatoms. The van der Waals surface area contributed by atoms with E-state index in [1.165, 1.54) is 44.7 Å². The number of aromatic nitrogens is 4. The van der Waals surface area contributed by atoms with E-state index >= 15 is 0 Å². The Hall–Kier alpha value is -7.62. The van der Waals surface area contributed by atoms with Crippen molar-refractivity contribution >= 4 is 23.9 Å². The molecule has 6 amide bonds. The minimum Gasteiger partial charge on any atom is -0.488 e. The molecule has 2 saturated heterocycles. The van der Waals surface area contributed by atoms with E-state index in [9.17, 15) is 19.2 Å². The Labute approximate surface area is 406 Å². The van der Waals surface area contributed by atoms with E-state index in [1.807, 2.05) is 70.6 Å². The minimum atomic E-state index is -0.846. The number of urea groups is 2. The van der Waals surface area contributed by atoms with Crippen molar-refractivity contribution in [2.75, 3.05) is 27.2 Å². The fourth-order valence-electron chi connectivity index (χ4n) is 11.3. The summed E-state index contributed by atoms with van der Waals surface area (Å²) in [5.74, 6) is 3.08. The van der Waals surface area contributed by atoms with Crippen LogP contribution in [0.25, 0.3) is 33.6 Å². The molecule has 4 atom stereocenters. The smallest absolute Gasteiger partial charge is 0.315 e. The zero-order chi connectivity index (χ0) is 47.9. The summed E-state index contributed by atoms with van der Waals surface area (Å²) >= 11 is 0. The molecule has 4 aromatic carbocycles. The zero-order valence-electron chi connectivity index (χ0n) is 39.5. The number of carbonyl (C=O) groups is 4. The van der Waals surface area contributed by atoms with Crippen LogP contribution in [0.15, 0.2) is 91.3 Å². The summed E-state index contributed by atoms with van der Waals surface area (Å²) in [5, 5.41) is 11.0. The first-order valence-electron chi connectivity index (χ1n) is 24.7. The number of hydrogen-bond acceptors (Lipinski definition) is 8. The second-order valence-corrected chi connectivity index (χ2v) is 19.1. The van der Waals surface area contributed by atoms with Crippen LogP contribution in [0.1, 0.15) is 127 Å². The minimum absolute atomic E-state index is 0.165. The molecule has 70 heavy (non-hydrogen) atoms. The van der Waals surface area contributed by atoms with Gasteiger partial charge in [-0.15, -0.1) is 0 Å². The van der Waals surface area contributed by atoms with Crippen LogP contribution in [0.5, 0.6) is 11.5 Å². The fraction of sp³-hybridized carbons (Fsp3) is 0.370. The first kappa shape index (κ1) is 44.9. The van der Waals surface area contributed by atoms with E-state index in [4.69, 9.17) is 19.4 Å². The first-order valence-corrected chi connectivity index (χ1v) is 24.7. The first-order chi connectivity index (χ1) is 34.2.